The van der Waals surface area contributed by atoms with Crippen LogP contribution in [-0.2, 0) is 20.9 Å². The van der Waals surface area contributed by atoms with Gasteiger partial charge in [0, 0.05) is 25.9 Å². The number of esters is 1. The number of ether oxygens (including phenoxy) is 4. The van der Waals surface area contributed by atoms with Gasteiger partial charge in [-0.3, -0.25) is 9.59 Å². The van der Waals surface area contributed by atoms with E-state index in [1.54, 1.807) is 26.2 Å². The summed E-state index contributed by atoms with van der Waals surface area (Å²) >= 11 is 0. The van der Waals surface area contributed by atoms with Crippen LogP contribution in [0.1, 0.15) is 63.6 Å². The third-order valence-electron chi connectivity index (χ3n) is 5.98. The molecule has 0 spiro atoms. The van der Waals surface area contributed by atoms with Gasteiger partial charge >= 0.3 is 5.97 Å². The second-order valence-electron chi connectivity index (χ2n) is 8.31. The second kappa shape index (κ2) is 19.1. The highest BCUT2D eigenvalue weighted by Gasteiger charge is 2.21. The summed E-state index contributed by atoms with van der Waals surface area (Å²) in [7, 11) is 4.80. The van der Waals surface area contributed by atoms with Crippen molar-refractivity contribution >= 4 is 11.9 Å². The van der Waals surface area contributed by atoms with Crippen LogP contribution in [0.5, 0.6) is 17.2 Å². The van der Waals surface area contributed by atoms with E-state index in [1.165, 1.54) is 6.92 Å². The molecule has 1 atom stereocenters. The molecule has 0 bridgehead atoms. The van der Waals surface area contributed by atoms with Crippen molar-refractivity contribution in [2.24, 2.45) is 0 Å². The van der Waals surface area contributed by atoms with Crippen LogP contribution in [0.3, 0.4) is 0 Å². The van der Waals surface area contributed by atoms with Crippen LogP contribution in [0.2, 0.25) is 0 Å². The number of nitrogens with zero attached hydrogens (tertiary/aromatic N) is 1. The van der Waals surface area contributed by atoms with Crippen molar-refractivity contribution in [1.82, 2.24) is 4.90 Å². The fraction of sp³-hybridized carbons (Fsp3) is 0.394. The molecule has 7 nitrogen and oxygen atoms in total. The van der Waals surface area contributed by atoms with Crippen LogP contribution >= 0.6 is 0 Å². The molecule has 0 N–H and O–H groups in total. The van der Waals surface area contributed by atoms with Gasteiger partial charge in [0.15, 0.2) is 18.1 Å². The SMILES string of the molecule is CC.CC.COc1ccc(C(CCN(Cc2ccc(OC)c(OC)c2)C(=O)COC(C)=O)c2ccccc2)cc1. The Kier molecular flexibility index (Phi) is 16.3. The van der Waals surface area contributed by atoms with E-state index >= 15 is 0 Å². The predicted molar refractivity (Wildman–Crippen MR) is 160 cm³/mol. The Hall–Kier alpha value is -4.00. The Morgan fingerprint density at radius 1 is 0.750 bits per heavy atom. The summed E-state index contributed by atoms with van der Waals surface area (Å²) in [6.07, 6.45) is 0.676. The molecule has 0 radical (unpaired) electrons. The molecule has 1 amide bonds. The first kappa shape index (κ1) is 34.0. The van der Waals surface area contributed by atoms with Crippen molar-refractivity contribution in [1.29, 1.82) is 0 Å². The van der Waals surface area contributed by atoms with E-state index in [4.69, 9.17) is 18.9 Å². The van der Waals surface area contributed by atoms with Gasteiger partial charge in [-0.15, -0.1) is 0 Å². The van der Waals surface area contributed by atoms with Gasteiger partial charge in [-0.05, 0) is 47.4 Å². The molecule has 0 aliphatic rings. The highest BCUT2D eigenvalue weighted by molar-refractivity contribution is 5.80. The minimum Gasteiger partial charge on any atom is -0.497 e. The van der Waals surface area contributed by atoms with E-state index < -0.39 is 5.97 Å². The van der Waals surface area contributed by atoms with Crippen molar-refractivity contribution in [3.05, 3.63) is 89.5 Å². The summed E-state index contributed by atoms with van der Waals surface area (Å²) in [6, 6.07) is 23.7. The third kappa shape index (κ3) is 10.6. The van der Waals surface area contributed by atoms with Crippen LogP contribution in [0.15, 0.2) is 72.8 Å². The maximum Gasteiger partial charge on any atom is 0.303 e. The molecule has 1 unspecified atom stereocenters. The van der Waals surface area contributed by atoms with Crippen LogP contribution in [0.25, 0.3) is 0 Å². The number of rotatable bonds is 12. The fourth-order valence-electron chi connectivity index (χ4n) is 4.08. The molecule has 0 heterocycles. The molecule has 7 heteroatoms. The molecule has 0 saturated carbocycles. The molecule has 0 aromatic heterocycles. The highest BCUT2D eigenvalue weighted by atomic mass is 16.5. The Labute approximate surface area is 240 Å². The lowest BCUT2D eigenvalue weighted by molar-refractivity contribution is -0.150. The van der Waals surface area contributed by atoms with E-state index in [0.29, 0.717) is 31.0 Å². The molecular weight excluding hydrogens is 506 g/mol. The number of hydrogen-bond donors (Lipinski definition) is 0. The van der Waals surface area contributed by atoms with Gasteiger partial charge in [-0.1, -0.05) is 76.2 Å². The van der Waals surface area contributed by atoms with Gasteiger partial charge < -0.3 is 23.8 Å². The van der Waals surface area contributed by atoms with Gasteiger partial charge in [-0.25, -0.2) is 0 Å². The molecule has 3 aromatic rings. The topological polar surface area (TPSA) is 74.3 Å². The first-order valence-corrected chi connectivity index (χ1v) is 13.8. The summed E-state index contributed by atoms with van der Waals surface area (Å²) in [5, 5.41) is 0. The minimum absolute atomic E-state index is 0.0616. The highest BCUT2D eigenvalue weighted by Crippen LogP contribution is 2.31. The molecule has 0 saturated heterocycles. The Bertz CT molecular complexity index is 1130. The Morgan fingerprint density at radius 3 is 1.90 bits per heavy atom. The summed E-state index contributed by atoms with van der Waals surface area (Å²) in [6.45, 7) is 9.78. The molecule has 3 rings (SSSR count). The summed E-state index contributed by atoms with van der Waals surface area (Å²) in [4.78, 5) is 26.1. The number of amides is 1. The van der Waals surface area contributed by atoms with Crippen molar-refractivity contribution in [3.63, 3.8) is 0 Å². The predicted octanol–water partition coefficient (Wildman–Crippen LogP) is 6.88. The third-order valence-corrected chi connectivity index (χ3v) is 5.98. The van der Waals surface area contributed by atoms with Gasteiger partial charge in [0.25, 0.3) is 5.91 Å². The zero-order chi connectivity index (χ0) is 29.9. The molecule has 0 aliphatic carbocycles. The molecular formula is C33H45NO6. The quantitative estimate of drug-likeness (QED) is 0.229. The van der Waals surface area contributed by atoms with Crippen molar-refractivity contribution in [3.8, 4) is 17.2 Å². The van der Waals surface area contributed by atoms with E-state index in [9.17, 15) is 9.59 Å². The van der Waals surface area contributed by atoms with Crippen LogP contribution in [-0.4, -0.2) is 51.3 Å². The van der Waals surface area contributed by atoms with Gasteiger partial charge in [0.2, 0.25) is 0 Å². The minimum atomic E-state index is -0.491. The first-order chi connectivity index (χ1) is 19.4. The van der Waals surface area contributed by atoms with Crippen LogP contribution in [0.4, 0.5) is 0 Å². The Balaban J connectivity index is 0.00000191. The van der Waals surface area contributed by atoms with Gasteiger partial charge in [0.05, 0.1) is 21.3 Å². The average Bonchev–Trinajstić information content (AvgIpc) is 3.02. The maximum atomic E-state index is 13.1. The average molecular weight is 552 g/mol. The number of hydrogen-bond acceptors (Lipinski definition) is 6. The van der Waals surface area contributed by atoms with Crippen molar-refractivity contribution in [2.45, 2.75) is 53.5 Å². The summed E-state index contributed by atoms with van der Waals surface area (Å²) in [5.41, 5.74) is 3.16. The fourth-order valence-corrected chi connectivity index (χ4v) is 4.08. The van der Waals surface area contributed by atoms with Crippen molar-refractivity contribution in [2.75, 3.05) is 34.5 Å². The van der Waals surface area contributed by atoms with E-state index in [2.05, 4.69) is 24.3 Å². The second-order valence-corrected chi connectivity index (χ2v) is 8.31. The lowest BCUT2D eigenvalue weighted by Gasteiger charge is -2.26. The zero-order valence-corrected chi connectivity index (χ0v) is 25.2. The lowest BCUT2D eigenvalue weighted by atomic mass is 9.88. The summed E-state index contributed by atoms with van der Waals surface area (Å²) in [5.74, 6) is 1.30. The van der Waals surface area contributed by atoms with Gasteiger partial charge in [0.1, 0.15) is 5.75 Å². The van der Waals surface area contributed by atoms with E-state index in [1.807, 2.05) is 76.2 Å². The van der Waals surface area contributed by atoms with Crippen molar-refractivity contribution < 1.29 is 28.5 Å². The monoisotopic (exact) mass is 551 g/mol. The molecule has 0 fully saturated rings. The number of carbonyl (C=O) groups is 2. The zero-order valence-electron chi connectivity index (χ0n) is 25.2. The normalized spacial score (nSPS) is 10.5. The molecule has 40 heavy (non-hydrogen) atoms. The summed E-state index contributed by atoms with van der Waals surface area (Å²) < 4.78 is 21.1. The smallest absolute Gasteiger partial charge is 0.303 e. The molecule has 0 aliphatic heterocycles. The van der Waals surface area contributed by atoms with Crippen LogP contribution in [0, 0.1) is 0 Å². The number of benzene rings is 3. The number of carbonyl (C=O) groups excluding carboxylic acids is 2. The number of methoxy groups -OCH3 is 3. The van der Waals surface area contributed by atoms with Gasteiger partial charge in [-0.2, -0.15) is 0 Å². The maximum absolute atomic E-state index is 13.1. The van der Waals surface area contributed by atoms with Crippen LogP contribution < -0.4 is 14.2 Å². The molecule has 3 aromatic carbocycles. The largest absolute Gasteiger partial charge is 0.497 e. The standard InChI is InChI=1S/C29H33NO6.2C2H6/c1-21(31)36-20-29(32)30(19-22-10-15-27(34-3)28(18-22)35-4)17-16-26(23-8-6-5-7-9-23)24-11-13-25(33-2)14-12-24;2*1-2/h5-15,18,26H,16-17,19-20H2,1-4H3;2*1-2H3. The lowest BCUT2D eigenvalue weighted by Crippen LogP contribution is -2.35. The van der Waals surface area contributed by atoms with E-state index in [-0.39, 0.29) is 18.4 Å². The van der Waals surface area contributed by atoms with E-state index in [0.717, 1.165) is 22.4 Å². The molecule has 218 valence electrons. The Morgan fingerprint density at radius 2 is 1.35 bits per heavy atom. The first-order valence-electron chi connectivity index (χ1n) is 13.8.